The van der Waals surface area contributed by atoms with Crippen LogP contribution in [-0.4, -0.2) is 39.3 Å². The number of nitriles is 1. The van der Waals surface area contributed by atoms with Gasteiger partial charge in [-0.15, -0.1) is 0 Å². The molecule has 45 heavy (non-hydrogen) atoms. The Morgan fingerprint density at radius 2 is 1.58 bits per heavy atom. The predicted octanol–water partition coefficient (Wildman–Crippen LogP) is 8.63. The Morgan fingerprint density at radius 3 is 2.18 bits per heavy atom. The van der Waals surface area contributed by atoms with Crippen LogP contribution in [0.5, 0.6) is 0 Å². The molecule has 242 valence electrons. The van der Waals surface area contributed by atoms with Gasteiger partial charge in [0.05, 0.1) is 4.91 Å². The summed E-state index contributed by atoms with van der Waals surface area (Å²) in [6, 6.07) is 12.8. The summed E-state index contributed by atoms with van der Waals surface area (Å²) < 4.78 is 2.31. The Kier molecular flexibility index (Phi) is 13.8. The van der Waals surface area contributed by atoms with Crippen molar-refractivity contribution in [2.75, 3.05) is 24.5 Å². The fourth-order valence-corrected chi connectivity index (χ4v) is 7.95. The maximum atomic E-state index is 13.6. The first-order valence-electron chi connectivity index (χ1n) is 17.1. The lowest BCUT2D eigenvalue weighted by molar-refractivity contribution is -0.122. The molecule has 2 fully saturated rings. The van der Waals surface area contributed by atoms with E-state index in [-0.39, 0.29) is 17.0 Å². The van der Waals surface area contributed by atoms with Gasteiger partial charge in [0.25, 0.3) is 11.5 Å². The van der Waals surface area contributed by atoms with Crippen LogP contribution in [0.2, 0.25) is 0 Å². The van der Waals surface area contributed by atoms with Crippen LogP contribution in [0.25, 0.3) is 6.08 Å². The lowest BCUT2D eigenvalue weighted by atomic mass is 9.90. The van der Waals surface area contributed by atoms with Gasteiger partial charge in [-0.1, -0.05) is 119 Å². The zero-order chi connectivity index (χ0) is 32.2. The number of rotatable bonds is 16. The van der Waals surface area contributed by atoms with Crippen molar-refractivity contribution in [2.45, 2.75) is 111 Å². The summed E-state index contributed by atoms with van der Waals surface area (Å²) in [5.41, 5.74) is 2.66. The standard InChI is InChI=1S/C37H50N4O2S2/c1-4-6-7-8-9-10-11-12-13-17-22-41-36(43)33(45-37(41)44)26-31-28(3)32(27-38)35(42)40(5-2)34(31)39-23-20-30(21-24-39)25-29-18-15-14-16-19-29/h14-16,18-19,26,30H,4-13,17,20-25H2,1-3H3. The minimum atomic E-state index is -0.260. The number of piperidine rings is 1. The number of anilines is 1. The van der Waals surface area contributed by atoms with Crippen molar-refractivity contribution >= 4 is 46.1 Å². The first kappa shape index (κ1) is 35.0. The van der Waals surface area contributed by atoms with Gasteiger partial charge in [-0.3, -0.25) is 19.1 Å². The smallest absolute Gasteiger partial charge is 0.270 e. The molecule has 0 radical (unpaired) electrons. The molecule has 2 aliphatic rings. The number of unbranched alkanes of at least 4 members (excludes halogenated alkanes) is 9. The zero-order valence-electron chi connectivity index (χ0n) is 27.5. The molecule has 0 saturated carbocycles. The number of thiocarbonyl (C=S) groups is 1. The summed E-state index contributed by atoms with van der Waals surface area (Å²) in [4.78, 5) is 31.6. The van der Waals surface area contributed by atoms with Gasteiger partial charge >= 0.3 is 0 Å². The summed E-state index contributed by atoms with van der Waals surface area (Å²) in [5.74, 6) is 1.33. The lowest BCUT2D eigenvalue weighted by Crippen LogP contribution is -2.39. The quantitative estimate of drug-likeness (QED) is 0.103. The van der Waals surface area contributed by atoms with Crippen LogP contribution in [0.1, 0.15) is 113 Å². The minimum Gasteiger partial charge on any atom is -0.357 e. The number of amides is 1. The van der Waals surface area contributed by atoms with Crippen molar-refractivity contribution in [1.82, 2.24) is 9.47 Å². The van der Waals surface area contributed by atoms with Gasteiger partial charge in [-0.2, -0.15) is 5.26 Å². The Labute approximate surface area is 279 Å². The van der Waals surface area contributed by atoms with E-state index in [1.807, 2.05) is 19.9 Å². The molecular formula is C37H50N4O2S2. The number of hydrogen-bond acceptors (Lipinski definition) is 6. The van der Waals surface area contributed by atoms with Gasteiger partial charge in [-0.05, 0) is 62.7 Å². The first-order chi connectivity index (χ1) is 21.9. The molecule has 0 bridgehead atoms. The minimum absolute atomic E-state index is 0.0689. The number of thioether (sulfide) groups is 1. The maximum absolute atomic E-state index is 13.6. The van der Waals surface area contributed by atoms with Gasteiger partial charge in [0.15, 0.2) is 0 Å². The van der Waals surface area contributed by atoms with Crippen molar-refractivity contribution in [3.05, 3.63) is 67.8 Å². The average Bonchev–Trinajstić information content (AvgIpc) is 3.31. The molecule has 8 heteroatoms. The van der Waals surface area contributed by atoms with E-state index in [1.165, 1.54) is 68.7 Å². The molecule has 1 aromatic heterocycles. The van der Waals surface area contributed by atoms with Crippen molar-refractivity contribution in [1.29, 1.82) is 5.26 Å². The monoisotopic (exact) mass is 646 g/mol. The van der Waals surface area contributed by atoms with Gasteiger partial charge in [0, 0.05) is 31.7 Å². The van der Waals surface area contributed by atoms with E-state index in [2.05, 4.69) is 48.2 Å². The fraction of sp³-hybridized carbons (Fsp3) is 0.568. The van der Waals surface area contributed by atoms with E-state index in [1.54, 1.807) is 9.47 Å². The molecule has 0 atom stereocenters. The summed E-state index contributed by atoms with van der Waals surface area (Å²) >= 11 is 7.00. The molecule has 1 aromatic carbocycles. The van der Waals surface area contributed by atoms with Crippen molar-refractivity contribution < 1.29 is 4.79 Å². The van der Waals surface area contributed by atoms with Crippen LogP contribution in [0.4, 0.5) is 5.82 Å². The Bertz CT molecular complexity index is 1440. The fourth-order valence-electron chi connectivity index (χ4n) is 6.66. The number of pyridine rings is 1. The molecule has 0 aliphatic carbocycles. The second-order valence-corrected chi connectivity index (χ2v) is 14.2. The molecule has 2 aliphatic heterocycles. The van der Waals surface area contributed by atoms with Crippen LogP contribution >= 0.6 is 24.0 Å². The van der Waals surface area contributed by atoms with Crippen LogP contribution < -0.4 is 10.5 Å². The topological polar surface area (TPSA) is 69.3 Å². The Balaban J connectivity index is 1.46. The number of hydrogen-bond donors (Lipinski definition) is 0. The number of benzene rings is 1. The molecule has 3 heterocycles. The van der Waals surface area contributed by atoms with E-state index in [0.717, 1.165) is 56.6 Å². The normalized spacial score (nSPS) is 16.6. The van der Waals surface area contributed by atoms with Crippen LogP contribution in [-0.2, 0) is 17.8 Å². The predicted molar refractivity (Wildman–Crippen MR) is 193 cm³/mol. The van der Waals surface area contributed by atoms with Crippen molar-refractivity contribution in [2.24, 2.45) is 5.92 Å². The molecule has 2 saturated heterocycles. The number of carbonyl (C=O) groups excluding carboxylic acids is 1. The molecule has 0 spiro atoms. The summed E-state index contributed by atoms with van der Waals surface area (Å²) in [6.45, 7) is 8.76. The molecular weight excluding hydrogens is 597 g/mol. The number of aromatic nitrogens is 1. The zero-order valence-corrected chi connectivity index (χ0v) is 29.1. The number of carbonyl (C=O) groups is 1. The van der Waals surface area contributed by atoms with Crippen molar-refractivity contribution in [3.8, 4) is 6.07 Å². The van der Waals surface area contributed by atoms with Crippen LogP contribution in [0.3, 0.4) is 0 Å². The SMILES string of the molecule is CCCCCCCCCCCCN1C(=O)C(=Cc2c(C)c(C#N)c(=O)n(CC)c2N2CCC(Cc3ccccc3)CC2)SC1=S. The molecule has 4 rings (SSSR count). The molecule has 0 N–H and O–H groups in total. The second kappa shape index (κ2) is 17.7. The molecule has 0 unspecified atom stereocenters. The third kappa shape index (κ3) is 9.10. The van der Waals surface area contributed by atoms with Gasteiger partial charge in [0.1, 0.15) is 21.8 Å². The van der Waals surface area contributed by atoms with E-state index < -0.39 is 0 Å². The Hall–Kier alpha value is -2.89. The Morgan fingerprint density at radius 1 is 0.956 bits per heavy atom. The van der Waals surface area contributed by atoms with Crippen LogP contribution in [0.15, 0.2) is 40.0 Å². The third-order valence-corrected chi connectivity index (χ3v) is 10.7. The highest BCUT2D eigenvalue weighted by atomic mass is 32.2. The largest absolute Gasteiger partial charge is 0.357 e. The highest BCUT2D eigenvalue weighted by Gasteiger charge is 2.33. The highest BCUT2D eigenvalue weighted by molar-refractivity contribution is 8.26. The average molecular weight is 647 g/mol. The summed E-state index contributed by atoms with van der Waals surface area (Å²) in [7, 11) is 0. The first-order valence-corrected chi connectivity index (χ1v) is 18.3. The van der Waals surface area contributed by atoms with Gasteiger partial charge in [-0.25, -0.2) is 0 Å². The van der Waals surface area contributed by atoms with E-state index in [4.69, 9.17) is 12.2 Å². The summed E-state index contributed by atoms with van der Waals surface area (Å²) in [5, 5.41) is 9.94. The van der Waals surface area contributed by atoms with E-state index in [9.17, 15) is 14.9 Å². The summed E-state index contributed by atoms with van der Waals surface area (Å²) in [6.07, 6.45) is 17.4. The molecule has 1 amide bonds. The highest BCUT2D eigenvalue weighted by Crippen LogP contribution is 2.37. The number of nitrogens with zero attached hydrogens (tertiary/aromatic N) is 4. The maximum Gasteiger partial charge on any atom is 0.270 e. The molecule has 2 aromatic rings. The lowest BCUT2D eigenvalue weighted by Gasteiger charge is -2.36. The van der Waals surface area contributed by atoms with Crippen molar-refractivity contribution in [3.63, 3.8) is 0 Å². The third-order valence-electron chi connectivity index (χ3n) is 9.33. The second-order valence-electron chi connectivity index (χ2n) is 12.5. The van der Waals surface area contributed by atoms with Gasteiger partial charge < -0.3 is 4.90 Å². The molecule has 6 nitrogen and oxygen atoms in total. The van der Waals surface area contributed by atoms with Gasteiger partial charge in [0.2, 0.25) is 0 Å². The van der Waals surface area contributed by atoms with Crippen LogP contribution in [0, 0.1) is 24.2 Å². The van der Waals surface area contributed by atoms with E-state index >= 15 is 0 Å². The van der Waals surface area contributed by atoms with E-state index in [0.29, 0.717) is 33.8 Å².